The van der Waals surface area contributed by atoms with Gasteiger partial charge in [0.05, 0.1) is 23.7 Å². The number of halogens is 2. The quantitative estimate of drug-likeness (QED) is 0.454. The SMILES string of the molecule is COc1ccc2c(c1)CCCC2NC(=O)CN(c1cc(Cl)cc(Cl)c1)S(=O)(=O)c1ccccc1. The fourth-order valence-corrected chi connectivity index (χ4v) is 6.10. The van der Waals surface area contributed by atoms with Crippen LogP contribution in [0.4, 0.5) is 5.69 Å². The molecule has 0 aliphatic heterocycles. The van der Waals surface area contributed by atoms with Gasteiger partial charge in [0.1, 0.15) is 12.3 Å². The average Bonchev–Trinajstić information content (AvgIpc) is 2.82. The predicted octanol–water partition coefficient (Wildman–Crippen LogP) is 5.39. The van der Waals surface area contributed by atoms with Crippen molar-refractivity contribution in [3.8, 4) is 5.75 Å². The maximum absolute atomic E-state index is 13.5. The highest BCUT2D eigenvalue weighted by Gasteiger charge is 2.29. The van der Waals surface area contributed by atoms with Crippen molar-refractivity contribution < 1.29 is 17.9 Å². The molecule has 178 valence electrons. The lowest BCUT2D eigenvalue weighted by atomic mass is 9.87. The van der Waals surface area contributed by atoms with E-state index in [-0.39, 0.29) is 26.7 Å². The number of aryl methyl sites for hydroxylation is 1. The number of carbonyl (C=O) groups excluding carboxylic acids is 1. The first-order valence-corrected chi connectivity index (χ1v) is 13.0. The highest BCUT2D eigenvalue weighted by molar-refractivity contribution is 7.92. The number of nitrogens with zero attached hydrogens (tertiary/aromatic N) is 1. The maximum Gasteiger partial charge on any atom is 0.264 e. The van der Waals surface area contributed by atoms with Crippen LogP contribution in [-0.4, -0.2) is 28.0 Å². The molecule has 0 heterocycles. The van der Waals surface area contributed by atoms with Crippen LogP contribution < -0.4 is 14.4 Å². The summed E-state index contributed by atoms with van der Waals surface area (Å²) in [5.74, 6) is 0.341. The van der Waals surface area contributed by atoms with Crippen molar-refractivity contribution in [2.24, 2.45) is 0 Å². The number of anilines is 1. The molecule has 34 heavy (non-hydrogen) atoms. The Kier molecular flexibility index (Phi) is 7.36. The van der Waals surface area contributed by atoms with Crippen molar-refractivity contribution in [3.05, 3.63) is 87.9 Å². The molecule has 1 amide bonds. The number of methoxy groups -OCH3 is 1. The second-order valence-corrected chi connectivity index (χ2v) is 10.8. The molecule has 9 heteroatoms. The van der Waals surface area contributed by atoms with Gasteiger partial charge in [-0.05, 0) is 72.9 Å². The fourth-order valence-electron chi connectivity index (χ4n) is 4.16. The van der Waals surface area contributed by atoms with Gasteiger partial charge in [-0.2, -0.15) is 0 Å². The Morgan fingerprint density at radius 2 is 1.76 bits per heavy atom. The number of nitrogens with one attached hydrogen (secondary N) is 1. The van der Waals surface area contributed by atoms with Gasteiger partial charge >= 0.3 is 0 Å². The zero-order chi connectivity index (χ0) is 24.3. The molecule has 0 saturated carbocycles. The molecule has 1 N–H and O–H groups in total. The van der Waals surface area contributed by atoms with Gasteiger partial charge in [0.15, 0.2) is 0 Å². The van der Waals surface area contributed by atoms with Crippen molar-refractivity contribution in [2.75, 3.05) is 18.0 Å². The Bertz CT molecular complexity index is 1280. The predicted molar refractivity (Wildman–Crippen MR) is 134 cm³/mol. The molecule has 0 spiro atoms. The summed E-state index contributed by atoms with van der Waals surface area (Å²) in [7, 11) is -2.44. The summed E-state index contributed by atoms with van der Waals surface area (Å²) in [5.41, 5.74) is 2.35. The highest BCUT2D eigenvalue weighted by atomic mass is 35.5. The molecule has 6 nitrogen and oxygen atoms in total. The normalized spacial score (nSPS) is 15.3. The Balaban J connectivity index is 1.63. The van der Waals surface area contributed by atoms with Crippen molar-refractivity contribution in [3.63, 3.8) is 0 Å². The molecule has 0 bridgehead atoms. The first-order chi connectivity index (χ1) is 16.3. The van der Waals surface area contributed by atoms with Gasteiger partial charge in [-0.1, -0.05) is 47.5 Å². The Hall–Kier alpha value is -2.74. The molecule has 4 rings (SSSR count). The molecule has 3 aromatic rings. The molecular weight excluding hydrogens is 495 g/mol. The van der Waals surface area contributed by atoms with Crippen molar-refractivity contribution >= 4 is 44.8 Å². The zero-order valence-electron chi connectivity index (χ0n) is 18.5. The second-order valence-electron chi connectivity index (χ2n) is 8.03. The number of fused-ring (bicyclic) bond motifs is 1. The second kappa shape index (κ2) is 10.3. The first kappa shape index (κ1) is 24.4. The lowest BCUT2D eigenvalue weighted by Gasteiger charge is -2.29. The molecule has 3 aromatic carbocycles. The van der Waals surface area contributed by atoms with Crippen LogP contribution in [0.1, 0.15) is 30.0 Å². The summed E-state index contributed by atoms with van der Waals surface area (Å²) < 4.78 is 33.3. The average molecular weight is 519 g/mol. The minimum absolute atomic E-state index is 0.0639. The number of benzene rings is 3. The van der Waals surface area contributed by atoms with E-state index in [0.717, 1.165) is 40.4 Å². The minimum Gasteiger partial charge on any atom is -0.497 e. The third-order valence-electron chi connectivity index (χ3n) is 5.75. The van der Waals surface area contributed by atoms with E-state index in [1.54, 1.807) is 25.3 Å². The number of rotatable bonds is 7. The van der Waals surface area contributed by atoms with Crippen LogP contribution in [0, 0.1) is 0 Å². The third-order valence-corrected chi connectivity index (χ3v) is 7.98. The van der Waals surface area contributed by atoms with Gasteiger partial charge in [-0.15, -0.1) is 0 Å². The molecular formula is C25H24Cl2N2O4S. The molecule has 0 radical (unpaired) electrons. The van der Waals surface area contributed by atoms with Crippen molar-refractivity contribution in [1.29, 1.82) is 0 Å². The van der Waals surface area contributed by atoms with E-state index < -0.39 is 22.5 Å². The van der Waals surface area contributed by atoms with Crippen LogP contribution in [0.3, 0.4) is 0 Å². The van der Waals surface area contributed by atoms with Crippen LogP contribution in [0.15, 0.2) is 71.6 Å². The first-order valence-electron chi connectivity index (χ1n) is 10.8. The van der Waals surface area contributed by atoms with Crippen molar-refractivity contribution in [2.45, 2.75) is 30.2 Å². The number of carbonyl (C=O) groups is 1. The van der Waals surface area contributed by atoms with Gasteiger partial charge < -0.3 is 10.1 Å². The maximum atomic E-state index is 13.5. The van der Waals surface area contributed by atoms with Gasteiger partial charge in [0, 0.05) is 10.0 Å². The Labute approximate surface area is 209 Å². The van der Waals surface area contributed by atoms with Crippen molar-refractivity contribution in [1.82, 2.24) is 5.32 Å². The Morgan fingerprint density at radius 3 is 2.44 bits per heavy atom. The van der Waals surface area contributed by atoms with E-state index >= 15 is 0 Å². The molecule has 1 unspecified atom stereocenters. The Morgan fingerprint density at radius 1 is 1.06 bits per heavy atom. The van der Waals surface area contributed by atoms with Crippen LogP contribution in [0.2, 0.25) is 10.0 Å². The summed E-state index contributed by atoms with van der Waals surface area (Å²) in [6, 6.07) is 18.0. The summed E-state index contributed by atoms with van der Waals surface area (Å²) in [6.45, 7) is -0.421. The van der Waals surface area contributed by atoms with E-state index in [4.69, 9.17) is 27.9 Å². The minimum atomic E-state index is -4.05. The largest absolute Gasteiger partial charge is 0.497 e. The van der Waals surface area contributed by atoms with Crippen LogP contribution in [0.25, 0.3) is 0 Å². The van der Waals surface area contributed by atoms with Gasteiger partial charge in [0.25, 0.3) is 10.0 Å². The van der Waals surface area contributed by atoms with E-state index in [2.05, 4.69) is 5.32 Å². The van der Waals surface area contributed by atoms with Crippen LogP contribution in [0.5, 0.6) is 5.75 Å². The fraction of sp³-hybridized carbons (Fsp3) is 0.240. The lowest BCUT2D eigenvalue weighted by molar-refractivity contribution is -0.120. The van der Waals surface area contributed by atoms with Gasteiger partial charge in [0.2, 0.25) is 5.91 Å². The van der Waals surface area contributed by atoms with Crippen LogP contribution >= 0.6 is 23.2 Å². The monoisotopic (exact) mass is 518 g/mol. The van der Waals surface area contributed by atoms with Gasteiger partial charge in [-0.3, -0.25) is 9.10 Å². The standard InChI is InChI=1S/C25H24Cl2N2O4S/c1-33-21-10-11-23-17(12-21)6-5-9-24(23)28-25(30)16-29(20-14-18(26)13-19(27)15-20)34(31,32)22-7-3-2-4-8-22/h2-4,7-8,10-15,24H,5-6,9,16H2,1H3,(H,28,30). The van der Waals surface area contributed by atoms with E-state index in [1.165, 1.54) is 30.3 Å². The smallest absolute Gasteiger partial charge is 0.264 e. The number of ether oxygens (including phenoxy) is 1. The summed E-state index contributed by atoms with van der Waals surface area (Å²) in [4.78, 5) is 13.2. The number of hydrogen-bond donors (Lipinski definition) is 1. The summed E-state index contributed by atoms with van der Waals surface area (Å²) in [5, 5.41) is 3.55. The molecule has 0 saturated heterocycles. The van der Waals surface area contributed by atoms with E-state index in [9.17, 15) is 13.2 Å². The molecule has 0 aromatic heterocycles. The topological polar surface area (TPSA) is 75.7 Å². The summed E-state index contributed by atoms with van der Waals surface area (Å²) >= 11 is 12.3. The molecule has 1 aliphatic rings. The molecule has 0 fully saturated rings. The van der Waals surface area contributed by atoms with Gasteiger partial charge in [-0.25, -0.2) is 8.42 Å². The summed E-state index contributed by atoms with van der Waals surface area (Å²) in [6.07, 6.45) is 2.56. The number of amides is 1. The third kappa shape index (κ3) is 5.32. The number of sulfonamides is 1. The molecule has 1 atom stereocenters. The zero-order valence-corrected chi connectivity index (χ0v) is 20.8. The number of hydrogen-bond acceptors (Lipinski definition) is 4. The molecule has 1 aliphatic carbocycles. The van der Waals surface area contributed by atoms with E-state index in [0.29, 0.717) is 0 Å². The van der Waals surface area contributed by atoms with Crippen LogP contribution in [-0.2, 0) is 21.2 Å². The van der Waals surface area contributed by atoms with E-state index in [1.807, 2.05) is 18.2 Å². The highest BCUT2D eigenvalue weighted by Crippen LogP contribution is 2.33. The lowest BCUT2D eigenvalue weighted by Crippen LogP contribution is -2.42.